The van der Waals surface area contributed by atoms with Gasteiger partial charge < -0.3 is 4.52 Å². The maximum Gasteiger partial charge on any atom is 0.435 e. The standard InChI is InChI=1S/C7H4F3N4O/c8-7(9,10)6-1-2-14(12-6)4-5-3-11-13-15-5/h2-3H,4H2. The zero-order valence-electron chi connectivity index (χ0n) is 7.19. The summed E-state index contributed by atoms with van der Waals surface area (Å²) in [5.74, 6) is 0.320. The van der Waals surface area contributed by atoms with Crippen molar-refractivity contribution in [2.45, 2.75) is 12.7 Å². The molecule has 2 heterocycles. The molecule has 0 aliphatic rings. The van der Waals surface area contributed by atoms with Gasteiger partial charge in [0.25, 0.3) is 0 Å². The van der Waals surface area contributed by atoms with Crippen molar-refractivity contribution in [3.8, 4) is 0 Å². The molecule has 15 heavy (non-hydrogen) atoms. The van der Waals surface area contributed by atoms with Crippen molar-refractivity contribution < 1.29 is 17.7 Å². The van der Waals surface area contributed by atoms with Crippen molar-refractivity contribution in [1.82, 2.24) is 20.2 Å². The minimum Gasteiger partial charge on any atom is -0.340 e. The maximum atomic E-state index is 12.1. The van der Waals surface area contributed by atoms with Gasteiger partial charge in [-0.1, -0.05) is 0 Å². The van der Waals surface area contributed by atoms with Crippen LogP contribution < -0.4 is 0 Å². The zero-order chi connectivity index (χ0) is 10.9. The van der Waals surface area contributed by atoms with E-state index in [-0.39, 0.29) is 6.54 Å². The van der Waals surface area contributed by atoms with Gasteiger partial charge in [0, 0.05) is 17.5 Å². The van der Waals surface area contributed by atoms with Gasteiger partial charge in [0.1, 0.15) is 6.54 Å². The van der Waals surface area contributed by atoms with Crippen LogP contribution in [0.25, 0.3) is 0 Å². The van der Waals surface area contributed by atoms with Gasteiger partial charge in [0.05, 0.1) is 6.20 Å². The van der Waals surface area contributed by atoms with E-state index in [0.717, 1.165) is 10.9 Å². The molecule has 2 aromatic rings. The minimum absolute atomic E-state index is 0.0413. The van der Waals surface area contributed by atoms with E-state index in [1.54, 1.807) is 0 Å². The zero-order valence-corrected chi connectivity index (χ0v) is 7.19. The van der Waals surface area contributed by atoms with Crippen molar-refractivity contribution in [2.75, 3.05) is 0 Å². The summed E-state index contributed by atoms with van der Waals surface area (Å²) >= 11 is 0. The lowest BCUT2D eigenvalue weighted by Crippen LogP contribution is -2.08. The third-order valence-corrected chi connectivity index (χ3v) is 1.57. The highest BCUT2D eigenvalue weighted by Crippen LogP contribution is 2.26. The molecule has 0 spiro atoms. The van der Waals surface area contributed by atoms with Gasteiger partial charge in [-0.2, -0.15) is 18.3 Å². The predicted octanol–water partition coefficient (Wildman–Crippen LogP) is 1.13. The summed E-state index contributed by atoms with van der Waals surface area (Å²) in [6.45, 7) is 0.0413. The molecule has 2 rings (SSSR count). The van der Waals surface area contributed by atoms with Gasteiger partial charge >= 0.3 is 6.18 Å². The number of aromatic nitrogens is 4. The molecule has 0 saturated heterocycles. The molecular weight excluding hydrogens is 213 g/mol. The first-order valence-electron chi connectivity index (χ1n) is 3.84. The number of rotatable bonds is 2. The van der Waals surface area contributed by atoms with E-state index in [2.05, 4.69) is 20.0 Å². The highest BCUT2D eigenvalue weighted by Gasteiger charge is 2.33. The Bertz CT molecular complexity index is 433. The normalized spacial score (nSPS) is 11.9. The molecule has 0 N–H and O–H groups in total. The first kappa shape index (κ1) is 9.69. The van der Waals surface area contributed by atoms with Crippen LogP contribution in [0.3, 0.4) is 0 Å². The Morgan fingerprint density at radius 2 is 2.27 bits per heavy atom. The van der Waals surface area contributed by atoms with E-state index in [1.165, 1.54) is 6.20 Å². The SMILES string of the molecule is FC(F)(F)c1[c]cn(Cc2cnno2)n1. The van der Waals surface area contributed by atoms with Crippen LogP contribution in [-0.2, 0) is 12.7 Å². The predicted molar refractivity (Wildman–Crippen MR) is 39.5 cm³/mol. The van der Waals surface area contributed by atoms with E-state index < -0.39 is 11.9 Å². The molecule has 2 aromatic heterocycles. The Morgan fingerprint density at radius 3 is 2.80 bits per heavy atom. The number of hydrogen-bond acceptors (Lipinski definition) is 4. The highest BCUT2D eigenvalue weighted by atomic mass is 19.4. The Hall–Kier alpha value is -1.86. The molecule has 0 aliphatic carbocycles. The summed E-state index contributed by atoms with van der Waals surface area (Å²) < 4.78 is 42.0. The second-order valence-corrected chi connectivity index (χ2v) is 2.70. The average molecular weight is 217 g/mol. The van der Waals surface area contributed by atoms with Crippen LogP contribution in [0.5, 0.6) is 0 Å². The van der Waals surface area contributed by atoms with Crippen molar-refractivity contribution in [1.29, 1.82) is 0 Å². The summed E-state index contributed by atoms with van der Waals surface area (Å²) in [6.07, 6.45) is -2.09. The fraction of sp³-hybridized carbons (Fsp3) is 0.286. The summed E-state index contributed by atoms with van der Waals surface area (Å²) in [7, 11) is 0. The molecule has 0 fully saturated rings. The van der Waals surface area contributed by atoms with Crippen molar-refractivity contribution in [2.24, 2.45) is 0 Å². The summed E-state index contributed by atoms with van der Waals surface area (Å²) in [5, 5.41) is 9.84. The van der Waals surface area contributed by atoms with Crippen LogP contribution in [0, 0.1) is 6.07 Å². The lowest BCUT2D eigenvalue weighted by Gasteiger charge is -2.00. The van der Waals surface area contributed by atoms with Crippen LogP contribution in [-0.4, -0.2) is 20.2 Å². The molecule has 79 valence electrons. The molecule has 0 amide bonds. The molecule has 0 aromatic carbocycles. The second-order valence-electron chi connectivity index (χ2n) is 2.70. The molecule has 0 atom stereocenters. The topological polar surface area (TPSA) is 56.7 Å². The van der Waals surface area contributed by atoms with Gasteiger partial charge in [-0.3, -0.25) is 4.68 Å². The lowest BCUT2D eigenvalue weighted by molar-refractivity contribution is -0.141. The Labute approximate surface area is 81.5 Å². The van der Waals surface area contributed by atoms with Crippen LogP contribution in [0.2, 0.25) is 0 Å². The number of hydrogen-bond donors (Lipinski definition) is 0. The summed E-state index contributed by atoms with van der Waals surface area (Å²) in [6, 6.07) is 2.00. The maximum absolute atomic E-state index is 12.1. The van der Waals surface area contributed by atoms with Gasteiger partial charge in [0.2, 0.25) is 0 Å². The third kappa shape index (κ3) is 2.14. The van der Waals surface area contributed by atoms with Gasteiger partial charge in [-0.05, 0) is 0 Å². The number of alkyl halides is 3. The first-order chi connectivity index (χ1) is 7.05. The fourth-order valence-corrected chi connectivity index (χ4v) is 0.958. The molecule has 5 nitrogen and oxygen atoms in total. The average Bonchev–Trinajstić information content (AvgIpc) is 2.73. The van der Waals surface area contributed by atoms with E-state index >= 15 is 0 Å². The first-order valence-corrected chi connectivity index (χ1v) is 3.84. The molecule has 0 unspecified atom stereocenters. The van der Waals surface area contributed by atoms with Crippen molar-refractivity contribution >= 4 is 0 Å². The smallest absolute Gasteiger partial charge is 0.340 e. The van der Waals surface area contributed by atoms with E-state index in [1.807, 2.05) is 6.07 Å². The van der Waals surface area contributed by atoms with Crippen LogP contribution in [0.1, 0.15) is 11.5 Å². The molecule has 8 heteroatoms. The van der Waals surface area contributed by atoms with Gasteiger partial charge in [-0.25, -0.2) is 0 Å². The fourth-order valence-electron chi connectivity index (χ4n) is 0.958. The van der Waals surface area contributed by atoms with Crippen molar-refractivity contribution in [3.63, 3.8) is 0 Å². The Balaban J connectivity index is 2.15. The lowest BCUT2D eigenvalue weighted by atomic mass is 10.4. The number of nitrogens with zero attached hydrogens (tertiary/aromatic N) is 4. The molecule has 0 saturated carbocycles. The molecular formula is C7H4F3N4O. The monoisotopic (exact) mass is 217 g/mol. The van der Waals surface area contributed by atoms with Crippen LogP contribution in [0.4, 0.5) is 13.2 Å². The Morgan fingerprint density at radius 1 is 1.47 bits per heavy atom. The van der Waals surface area contributed by atoms with Crippen molar-refractivity contribution in [3.05, 3.63) is 29.9 Å². The van der Waals surface area contributed by atoms with Gasteiger partial charge in [0.15, 0.2) is 11.5 Å². The highest BCUT2D eigenvalue weighted by molar-refractivity contribution is 5.02. The summed E-state index contributed by atoms with van der Waals surface area (Å²) in [4.78, 5) is 0. The van der Waals surface area contributed by atoms with E-state index in [9.17, 15) is 13.2 Å². The molecule has 0 aliphatic heterocycles. The Kier molecular flexibility index (Phi) is 2.18. The van der Waals surface area contributed by atoms with E-state index in [0.29, 0.717) is 5.76 Å². The molecule has 0 bridgehead atoms. The molecule has 1 radical (unpaired) electrons. The second kappa shape index (κ2) is 3.37. The minimum atomic E-state index is -4.48. The van der Waals surface area contributed by atoms with Crippen LogP contribution >= 0.6 is 0 Å². The third-order valence-electron chi connectivity index (χ3n) is 1.57. The largest absolute Gasteiger partial charge is 0.435 e. The van der Waals surface area contributed by atoms with E-state index in [4.69, 9.17) is 0 Å². The summed E-state index contributed by atoms with van der Waals surface area (Å²) in [5.41, 5.74) is -1.06. The quantitative estimate of drug-likeness (QED) is 0.756. The van der Waals surface area contributed by atoms with Gasteiger partial charge in [-0.15, -0.1) is 5.10 Å². The number of halogens is 3. The van der Waals surface area contributed by atoms with Crippen LogP contribution in [0.15, 0.2) is 16.9 Å².